The number of pyridine rings is 1. The number of fused-ring (bicyclic) bond motifs is 9. The number of nitrogens with zero attached hydrogens (tertiary/aromatic N) is 5. The van der Waals surface area contributed by atoms with E-state index in [1.807, 2.05) is 30.3 Å². The van der Waals surface area contributed by atoms with Crippen LogP contribution in [0.15, 0.2) is 193 Å². The number of benzene rings is 8. The maximum absolute atomic E-state index is 6.17. The van der Waals surface area contributed by atoms with Crippen molar-refractivity contribution in [3.63, 3.8) is 0 Å². The van der Waals surface area contributed by atoms with E-state index < -0.39 is 0 Å². The summed E-state index contributed by atoms with van der Waals surface area (Å²) in [6, 6.07) is 63.7. The molecule has 4 aromatic heterocycles. The molecule has 8 aromatic carbocycles. The monoisotopic (exact) mass is 741 g/mol. The lowest BCUT2D eigenvalue weighted by atomic mass is 10.00. The maximum Gasteiger partial charge on any atom is 0.227 e. The Morgan fingerprint density at radius 1 is 0.397 bits per heavy atom. The van der Waals surface area contributed by atoms with Crippen molar-refractivity contribution in [2.45, 2.75) is 0 Å². The third-order valence-electron chi connectivity index (χ3n) is 11.3. The van der Waals surface area contributed by atoms with Crippen LogP contribution >= 0.6 is 0 Å². The topological polar surface area (TPSA) is 69.6 Å². The first-order valence-electron chi connectivity index (χ1n) is 19.4. The molecule has 6 nitrogen and oxygen atoms in total. The zero-order valence-electron chi connectivity index (χ0n) is 31.0. The van der Waals surface area contributed by atoms with Crippen molar-refractivity contribution in [1.82, 2.24) is 24.5 Å². The van der Waals surface area contributed by atoms with Crippen LogP contribution in [0.4, 0.5) is 0 Å². The molecule has 0 unspecified atom stereocenters. The van der Waals surface area contributed by atoms with Gasteiger partial charge in [0.05, 0.1) is 11.0 Å². The van der Waals surface area contributed by atoms with Crippen LogP contribution in [0.2, 0.25) is 0 Å². The standard InChI is InChI=1S/C52H31N5O/c1-2-11-37-31-38(23-20-32(37)9-1)33-18-21-35(22-19-33)49-54-50(56-51(55-49)42-14-7-17-46-48(42)43-15-8-30-53-52(43)58-46)36-24-27-39(28-25-36)57-44-16-6-5-13-41(44)47-40-12-4-3-10-34(40)26-29-45(47)57/h1-31H. The fourth-order valence-electron chi connectivity index (χ4n) is 8.56. The van der Waals surface area contributed by atoms with Gasteiger partial charge in [-0.2, -0.15) is 0 Å². The molecule has 12 aromatic rings. The Morgan fingerprint density at radius 3 is 1.86 bits per heavy atom. The van der Waals surface area contributed by atoms with Gasteiger partial charge in [0.25, 0.3) is 0 Å². The van der Waals surface area contributed by atoms with Crippen molar-refractivity contribution in [1.29, 1.82) is 0 Å². The van der Waals surface area contributed by atoms with Crippen molar-refractivity contribution in [3.05, 3.63) is 188 Å². The van der Waals surface area contributed by atoms with Gasteiger partial charge >= 0.3 is 0 Å². The Bertz CT molecular complexity index is 3570. The summed E-state index contributed by atoms with van der Waals surface area (Å²) in [5.41, 5.74) is 9.63. The van der Waals surface area contributed by atoms with E-state index in [4.69, 9.17) is 19.4 Å². The van der Waals surface area contributed by atoms with Crippen LogP contribution in [-0.2, 0) is 0 Å². The van der Waals surface area contributed by atoms with E-state index in [2.05, 4.69) is 161 Å². The summed E-state index contributed by atoms with van der Waals surface area (Å²) in [5.74, 6) is 1.74. The highest BCUT2D eigenvalue weighted by Crippen LogP contribution is 2.39. The largest absolute Gasteiger partial charge is 0.438 e. The van der Waals surface area contributed by atoms with Crippen LogP contribution in [0.5, 0.6) is 0 Å². The van der Waals surface area contributed by atoms with E-state index in [-0.39, 0.29) is 0 Å². The van der Waals surface area contributed by atoms with Gasteiger partial charge in [-0.25, -0.2) is 19.9 Å². The molecule has 4 heterocycles. The molecule has 270 valence electrons. The SMILES string of the molecule is c1ccc2cc(-c3ccc(-c4nc(-c5ccc(-n6c7ccccc7c7c8ccccc8ccc76)cc5)nc(-c5cccc6oc7ncccc7c56)n4)cc3)ccc2c1. The molecule has 0 bridgehead atoms. The minimum atomic E-state index is 0.564. The van der Waals surface area contributed by atoms with Gasteiger partial charge in [0, 0.05) is 50.1 Å². The summed E-state index contributed by atoms with van der Waals surface area (Å²) in [5, 5.41) is 9.24. The van der Waals surface area contributed by atoms with Crippen LogP contribution in [-0.4, -0.2) is 24.5 Å². The third kappa shape index (κ3) is 5.12. The van der Waals surface area contributed by atoms with Crippen LogP contribution < -0.4 is 0 Å². The fourth-order valence-corrected chi connectivity index (χ4v) is 8.56. The summed E-state index contributed by atoms with van der Waals surface area (Å²) in [6.07, 6.45) is 1.75. The summed E-state index contributed by atoms with van der Waals surface area (Å²) < 4.78 is 8.52. The average Bonchev–Trinajstić information content (AvgIpc) is 3.85. The summed E-state index contributed by atoms with van der Waals surface area (Å²) in [4.78, 5) is 19.9. The molecule has 0 saturated heterocycles. The first-order chi connectivity index (χ1) is 28.7. The highest BCUT2D eigenvalue weighted by atomic mass is 16.3. The lowest BCUT2D eigenvalue weighted by Crippen LogP contribution is -2.01. The number of aromatic nitrogens is 5. The number of para-hydroxylation sites is 1. The van der Waals surface area contributed by atoms with Crippen molar-refractivity contribution >= 4 is 65.4 Å². The Hall–Kier alpha value is -7.96. The molecule has 0 aliphatic rings. The van der Waals surface area contributed by atoms with Gasteiger partial charge in [-0.3, -0.25) is 0 Å². The van der Waals surface area contributed by atoms with Crippen molar-refractivity contribution < 1.29 is 4.42 Å². The Morgan fingerprint density at radius 2 is 1.03 bits per heavy atom. The van der Waals surface area contributed by atoms with Gasteiger partial charge in [0.15, 0.2) is 17.5 Å². The predicted molar refractivity (Wildman–Crippen MR) is 236 cm³/mol. The Labute approximate surface area is 332 Å². The second kappa shape index (κ2) is 12.8. The average molecular weight is 742 g/mol. The lowest BCUT2D eigenvalue weighted by Gasteiger charge is -2.12. The van der Waals surface area contributed by atoms with Crippen LogP contribution in [0.1, 0.15) is 0 Å². The van der Waals surface area contributed by atoms with Crippen LogP contribution in [0.3, 0.4) is 0 Å². The normalized spacial score (nSPS) is 11.8. The van der Waals surface area contributed by atoms with E-state index in [1.54, 1.807) is 6.20 Å². The van der Waals surface area contributed by atoms with Crippen molar-refractivity contribution in [2.75, 3.05) is 0 Å². The summed E-state index contributed by atoms with van der Waals surface area (Å²) in [7, 11) is 0. The summed E-state index contributed by atoms with van der Waals surface area (Å²) >= 11 is 0. The third-order valence-corrected chi connectivity index (χ3v) is 11.3. The molecule has 12 rings (SSSR count). The number of hydrogen-bond acceptors (Lipinski definition) is 5. The van der Waals surface area contributed by atoms with Crippen molar-refractivity contribution in [3.8, 4) is 51.0 Å². The van der Waals surface area contributed by atoms with E-state index >= 15 is 0 Å². The van der Waals surface area contributed by atoms with Crippen LogP contribution in [0, 0.1) is 0 Å². The zero-order valence-corrected chi connectivity index (χ0v) is 31.0. The highest BCUT2D eigenvalue weighted by Gasteiger charge is 2.19. The van der Waals surface area contributed by atoms with Gasteiger partial charge in [-0.05, 0) is 93.3 Å². The quantitative estimate of drug-likeness (QED) is 0.176. The Kier molecular flexibility index (Phi) is 7.13. The molecular formula is C52H31N5O. The summed E-state index contributed by atoms with van der Waals surface area (Å²) in [6.45, 7) is 0. The van der Waals surface area contributed by atoms with Gasteiger partial charge in [-0.1, -0.05) is 121 Å². The van der Waals surface area contributed by atoms with Crippen LogP contribution in [0.25, 0.3) is 116 Å². The van der Waals surface area contributed by atoms with Gasteiger partial charge in [0.1, 0.15) is 5.58 Å². The highest BCUT2D eigenvalue weighted by molar-refractivity contribution is 6.21. The number of furan rings is 1. The number of rotatable bonds is 5. The maximum atomic E-state index is 6.17. The molecular weight excluding hydrogens is 711 g/mol. The first kappa shape index (κ1) is 32.3. The zero-order chi connectivity index (χ0) is 38.2. The predicted octanol–water partition coefficient (Wildman–Crippen LogP) is 13.2. The minimum absolute atomic E-state index is 0.564. The van der Waals surface area contributed by atoms with E-state index in [0.29, 0.717) is 23.2 Å². The second-order valence-electron chi connectivity index (χ2n) is 14.7. The van der Waals surface area contributed by atoms with Gasteiger partial charge in [0.2, 0.25) is 5.71 Å². The number of hydrogen-bond donors (Lipinski definition) is 0. The van der Waals surface area contributed by atoms with Gasteiger partial charge in [-0.15, -0.1) is 0 Å². The molecule has 0 N–H and O–H groups in total. The molecule has 0 atom stereocenters. The molecule has 6 heteroatoms. The minimum Gasteiger partial charge on any atom is -0.438 e. The van der Waals surface area contributed by atoms with Gasteiger partial charge < -0.3 is 8.98 Å². The van der Waals surface area contributed by atoms with E-state index in [1.165, 1.54) is 37.8 Å². The smallest absolute Gasteiger partial charge is 0.227 e. The molecule has 0 spiro atoms. The van der Waals surface area contributed by atoms with Crippen molar-refractivity contribution in [2.24, 2.45) is 0 Å². The second-order valence-corrected chi connectivity index (χ2v) is 14.7. The molecule has 0 aliphatic carbocycles. The molecule has 0 radical (unpaired) electrons. The fraction of sp³-hybridized carbons (Fsp3) is 0. The lowest BCUT2D eigenvalue weighted by molar-refractivity contribution is 0.654. The molecule has 0 amide bonds. The molecule has 0 saturated carbocycles. The first-order valence-corrected chi connectivity index (χ1v) is 19.4. The van der Waals surface area contributed by atoms with E-state index in [0.717, 1.165) is 55.4 Å². The van der Waals surface area contributed by atoms with E-state index in [9.17, 15) is 0 Å². The molecule has 0 aliphatic heterocycles. The Balaban J connectivity index is 1.00. The molecule has 58 heavy (non-hydrogen) atoms. The molecule has 0 fully saturated rings.